The third-order valence-electron chi connectivity index (χ3n) is 6.60. The summed E-state index contributed by atoms with van der Waals surface area (Å²) in [7, 11) is 0. The van der Waals surface area contributed by atoms with E-state index < -0.39 is 5.60 Å². The van der Waals surface area contributed by atoms with Gasteiger partial charge in [-0.2, -0.15) is 9.97 Å². The van der Waals surface area contributed by atoms with Gasteiger partial charge >= 0.3 is 0 Å². The molecule has 11 heteroatoms. The first-order valence-electron chi connectivity index (χ1n) is 11.3. The fourth-order valence-electron chi connectivity index (χ4n) is 5.02. The van der Waals surface area contributed by atoms with E-state index in [0.29, 0.717) is 37.0 Å². The first kappa shape index (κ1) is 22.1. The summed E-state index contributed by atoms with van der Waals surface area (Å²) < 4.78 is 1.78. The summed E-state index contributed by atoms with van der Waals surface area (Å²) in [5.74, 6) is 1.02. The number of aromatic nitrogens is 6. The van der Waals surface area contributed by atoms with Gasteiger partial charge in [0.05, 0.1) is 29.9 Å². The molecule has 0 spiro atoms. The normalized spacial score (nSPS) is 20.9. The number of amides is 1. The van der Waals surface area contributed by atoms with E-state index in [4.69, 9.17) is 11.5 Å². The first-order valence-corrected chi connectivity index (χ1v) is 11.3. The molecule has 5 rings (SSSR count). The molecule has 1 fully saturated rings. The van der Waals surface area contributed by atoms with Crippen LogP contribution in [-0.2, 0) is 11.2 Å². The number of rotatable bonds is 4. The second-order valence-corrected chi connectivity index (χ2v) is 9.43. The van der Waals surface area contributed by atoms with Crippen LogP contribution in [0.5, 0.6) is 0 Å². The van der Waals surface area contributed by atoms with Gasteiger partial charge < -0.3 is 31.0 Å². The van der Waals surface area contributed by atoms with E-state index in [1.54, 1.807) is 22.7 Å². The third kappa shape index (κ3) is 3.81. The molecule has 11 nitrogen and oxygen atoms in total. The van der Waals surface area contributed by atoms with Gasteiger partial charge in [0, 0.05) is 19.4 Å². The Kier molecular flexibility index (Phi) is 5.16. The van der Waals surface area contributed by atoms with Crippen LogP contribution >= 0.6 is 0 Å². The van der Waals surface area contributed by atoms with Crippen LogP contribution in [-0.4, -0.2) is 64.1 Å². The number of carbonyl (C=O) groups excluding carboxylic acids is 1. The number of piperidine rings is 1. The van der Waals surface area contributed by atoms with Crippen molar-refractivity contribution in [1.29, 1.82) is 0 Å². The molecule has 0 radical (unpaired) electrons. The molecule has 4 heterocycles. The zero-order valence-corrected chi connectivity index (χ0v) is 19.5. The highest BCUT2D eigenvalue weighted by atomic mass is 16.3. The molecule has 1 saturated heterocycles. The zero-order valence-electron chi connectivity index (χ0n) is 19.5. The number of β-amino-alcohol motifs (C(OH)–C–C–N with tert-alkyl or cyclic N) is 1. The second-order valence-electron chi connectivity index (χ2n) is 9.43. The van der Waals surface area contributed by atoms with E-state index in [9.17, 15) is 9.90 Å². The Bertz CT molecular complexity index is 1400. The maximum atomic E-state index is 13.0. The van der Waals surface area contributed by atoms with Gasteiger partial charge in [0.1, 0.15) is 16.9 Å². The molecule has 2 atom stereocenters. The Labute approximate surface area is 196 Å². The highest BCUT2D eigenvalue weighted by molar-refractivity contribution is 5.83. The minimum absolute atomic E-state index is 0.0154. The van der Waals surface area contributed by atoms with Gasteiger partial charge in [0.2, 0.25) is 11.9 Å². The minimum atomic E-state index is -1.19. The lowest BCUT2D eigenvalue weighted by Crippen LogP contribution is -2.54. The highest BCUT2D eigenvalue weighted by Gasteiger charge is 2.41. The number of nitrogen functional groups attached to an aromatic ring is 2. The number of imidazole rings is 2. The molecule has 0 aliphatic carbocycles. The van der Waals surface area contributed by atoms with Crippen LogP contribution in [0.15, 0.2) is 18.5 Å². The number of carbonyl (C=O) groups is 1. The second kappa shape index (κ2) is 7.94. The lowest BCUT2D eigenvalue weighted by molar-refractivity contribution is -0.140. The van der Waals surface area contributed by atoms with Gasteiger partial charge in [-0.25, -0.2) is 9.97 Å². The van der Waals surface area contributed by atoms with Crippen molar-refractivity contribution < 1.29 is 9.90 Å². The molecule has 0 bridgehead atoms. The molecule has 1 aliphatic rings. The summed E-state index contributed by atoms with van der Waals surface area (Å²) in [6.45, 7) is 6.52. The molecule has 6 N–H and O–H groups in total. The van der Waals surface area contributed by atoms with E-state index in [0.717, 1.165) is 22.4 Å². The average Bonchev–Trinajstić information content (AvgIpc) is 3.35. The van der Waals surface area contributed by atoms with Gasteiger partial charge in [0.15, 0.2) is 11.5 Å². The van der Waals surface area contributed by atoms with E-state index >= 15 is 0 Å². The number of hydrogen-bond donors (Lipinski definition) is 4. The molecular formula is C23H29N9O2. The highest BCUT2D eigenvalue weighted by Crippen LogP contribution is 2.34. The number of aryl methyl sites for hydroxylation is 3. The average molecular weight is 464 g/mol. The molecule has 1 amide bonds. The van der Waals surface area contributed by atoms with Crippen molar-refractivity contribution in [2.45, 2.75) is 51.7 Å². The van der Waals surface area contributed by atoms with Crippen molar-refractivity contribution in [2.75, 3.05) is 24.6 Å². The quantitative estimate of drug-likeness (QED) is 0.354. The Balaban J connectivity index is 1.29. The topological polar surface area (TPSA) is 165 Å². The van der Waals surface area contributed by atoms with Crippen LogP contribution in [0.2, 0.25) is 0 Å². The van der Waals surface area contributed by atoms with Crippen molar-refractivity contribution >= 4 is 39.9 Å². The van der Waals surface area contributed by atoms with Gasteiger partial charge in [-0.3, -0.25) is 4.79 Å². The number of aliphatic hydroxyl groups is 1. The predicted octanol–water partition coefficient (Wildman–Crippen LogP) is 1.64. The lowest BCUT2D eigenvalue weighted by Gasteiger charge is -2.43. The molecule has 1 aliphatic heterocycles. The van der Waals surface area contributed by atoms with Gasteiger partial charge in [-0.15, -0.1) is 0 Å². The van der Waals surface area contributed by atoms with Crippen LogP contribution in [0.4, 0.5) is 11.8 Å². The number of nitrogens with two attached hydrogens (primary N) is 2. The monoisotopic (exact) mass is 463 g/mol. The summed E-state index contributed by atoms with van der Waals surface area (Å²) in [6, 6.07) is 3.83. The Hall–Kier alpha value is -3.73. The van der Waals surface area contributed by atoms with Crippen LogP contribution < -0.4 is 11.5 Å². The van der Waals surface area contributed by atoms with Crippen molar-refractivity contribution in [1.82, 2.24) is 34.4 Å². The number of anilines is 2. The maximum Gasteiger partial charge on any atom is 0.224 e. The minimum Gasteiger partial charge on any atom is -0.386 e. The first-order chi connectivity index (χ1) is 16.1. The molecule has 178 valence electrons. The van der Waals surface area contributed by atoms with Crippen LogP contribution in [0.25, 0.3) is 22.2 Å². The number of hydrogen-bond acceptors (Lipinski definition) is 8. The number of likely N-dealkylation sites (tertiary alicyclic amines) is 1. The molecule has 0 unspecified atom stereocenters. The number of benzene rings is 1. The number of nitrogens with one attached hydrogen (secondary N) is 1. The number of nitrogens with zero attached hydrogens (tertiary/aromatic N) is 6. The molecule has 0 saturated carbocycles. The van der Waals surface area contributed by atoms with Crippen molar-refractivity contribution in [3.63, 3.8) is 0 Å². The summed E-state index contributed by atoms with van der Waals surface area (Å²) in [4.78, 5) is 35.2. The van der Waals surface area contributed by atoms with E-state index in [2.05, 4.69) is 44.0 Å². The molecule has 3 aromatic heterocycles. The Morgan fingerprint density at radius 3 is 2.79 bits per heavy atom. The smallest absolute Gasteiger partial charge is 0.224 e. The van der Waals surface area contributed by atoms with Crippen LogP contribution in [0.3, 0.4) is 0 Å². The third-order valence-corrected chi connectivity index (χ3v) is 6.60. The fourth-order valence-corrected chi connectivity index (χ4v) is 5.02. The van der Waals surface area contributed by atoms with Crippen molar-refractivity contribution in [2.24, 2.45) is 0 Å². The molecule has 34 heavy (non-hydrogen) atoms. The predicted molar refractivity (Wildman–Crippen MR) is 129 cm³/mol. The van der Waals surface area contributed by atoms with E-state index in [1.807, 2.05) is 6.92 Å². The molecule has 4 aromatic rings. The van der Waals surface area contributed by atoms with E-state index in [-0.39, 0.29) is 30.3 Å². The summed E-state index contributed by atoms with van der Waals surface area (Å²) in [5.41, 5.74) is 15.6. The van der Waals surface area contributed by atoms with Crippen molar-refractivity contribution in [3.05, 3.63) is 35.4 Å². The summed E-state index contributed by atoms with van der Waals surface area (Å²) >= 11 is 0. The largest absolute Gasteiger partial charge is 0.386 e. The Morgan fingerprint density at radius 2 is 2.03 bits per heavy atom. The van der Waals surface area contributed by atoms with Crippen LogP contribution in [0, 0.1) is 13.8 Å². The maximum absolute atomic E-state index is 13.0. The zero-order chi connectivity index (χ0) is 24.2. The van der Waals surface area contributed by atoms with Crippen LogP contribution in [0.1, 0.15) is 42.8 Å². The number of aromatic amines is 1. The van der Waals surface area contributed by atoms with Gasteiger partial charge in [-0.05, 0) is 44.4 Å². The van der Waals surface area contributed by atoms with E-state index in [1.165, 1.54) is 5.56 Å². The molecular weight excluding hydrogens is 434 g/mol. The summed E-state index contributed by atoms with van der Waals surface area (Å²) in [6.07, 6.45) is 2.96. The standard InChI is InChI=1S/C23H29N9O2/c1-12-8-13(2)18-14(9-12)27-16(28-18)4-5-17(33)31-7-6-15(23(3,34)10-31)32-11-26-19-20(24)29-22(25)30-21(19)32/h8-9,11,15,34H,4-7,10H2,1-3H3,(H,27,28)(H4,24,25,29,30)/t15-,23-/m1/s1. The SMILES string of the molecule is Cc1cc(C)c2nc(CCC(=O)N3CC[C@@H](n4cnc5c(N)nc(N)nc54)[C@](C)(O)C3)[nH]c2c1. The van der Waals surface area contributed by atoms with Gasteiger partial charge in [0.25, 0.3) is 0 Å². The lowest BCUT2D eigenvalue weighted by atomic mass is 9.88. The van der Waals surface area contributed by atoms with Gasteiger partial charge in [-0.1, -0.05) is 6.07 Å². The Morgan fingerprint density at radius 1 is 1.24 bits per heavy atom. The summed E-state index contributed by atoms with van der Waals surface area (Å²) in [5, 5.41) is 11.3. The number of H-pyrrole nitrogens is 1. The number of fused-ring (bicyclic) bond motifs is 2. The molecule has 1 aromatic carbocycles. The van der Waals surface area contributed by atoms with Crippen molar-refractivity contribution in [3.8, 4) is 0 Å². The fraction of sp³-hybridized carbons (Fsp3) is 0.435.